The molecule has 0 saturated carbocycles. The lowest BCUT2D eigenvalue weighted by Gasteiger charge is -2.15. The van der Waals surface area contributed by atoms with Crippen LogP contribution in [0.25, 0.3) is 10.2 Å². The summed E-state index contributed by atoms with van der Waals surface area (Å²) in [6.07, 6.45) is 0. The number of thioether (sulfide) groups is 1. The summed E-state index contributed by atoms with van der Waals surface area (Å²) >= 11 is 9.22. The highest BCUT2D eigenvalue weighted by Crippen LogP contribution is 2.29. The summed E-state index contributed by atoms with van der Waals surface area (Å²) in [6.45, 7) is 1.93. The Hall–Kier alpha value is -1.56. The second kappa shape index (κ2) is 7.34. The maximum atomic E-state index is 12.1. The van der Waals surface area contributed by atoms with Crippen LogP contribution in [0.3, 0.4) is 0 Å². The third kappa shape index (κ3) is 4.05. The number of para-hydroxylation sites is 1. The summed E-state index contributed by atoms with van der Waals surface area (Å²) < 4.78 is 2.05. The molecule has 1 amide bonds. The third-order valence-electron chi connectivity index (χ3n) is 3.35. The molecule has 0 radical (unpaired) electrons. The van der Waals surface area contributed by atoms with Crippen LogP contribution < -0.4 is 5.32 Å². The van der Waals surface area contributed by atoms with Crippen molar-refractivity contribution in [3.05, 3.63) is 59.1 Å². The first-order chi connectivity index (χ1) is 11.1. The molecule has 0 bridgehead atoms. The molecule has 3 aromatic rings. The Labute approximate surface area is 148 Å². The van der Waals surface area contributed by atoms with E-state index in [2.05, 4.69) is 10.3 Å². The molecule has 0 aliphatic carbocycles. The van der Waals surface area contributed by atoms with Gasteiger partial charge in [-0.3, -0.25) is 4.79 Å². The Morgan fingerprint density at radius 3 is 2.78 bits per heavy atom. The first-order valence-electron chi connectivity index (χ1n) is 7.15. The van der Waals surface area contributed by atoms with Crippen LogP contribution >= 0.6 is 34.7 Å². The number of aromatic nitrogens is 1. The molecule has 6 heteroatoms. The molecule has 3 rings (SSSR count). The van der Waals surface area contributed by atoms with E-state index in [-0.39, 0.29) is 11.9 Å². The second-order valence-electron chi connectivity index (χ2n) is 5.05. The minimum atomic E-state index is -0.118. The summed E-state index contributed by atoms with van der Waals surface area (Å²) in [5, 5.41) is 3.64. The number of hydrogen-bond donors (Lipinski definition) is 1. The summed E-state index contributed by atoms with van der Waals surface area (Å²) in [7, 11) is 0. The van der Waals surface area contributed by atoms with Gasteiger partial charge in [-0.15, -0.1) is 11.3 Å². The third-order valence-corrected chi connectivity index (χ3v) is 5.87. The maximum Gasteiger partial charge on any atom is 0.230 e. The normalized spacial score (nSPS) is 12.3. The number of carbonyl (C=O) groups excluding carboxylic acids is 1. The van der Waals surface area contributed by atoms with Crippen molar-refractivity contribution in [1.82, 2.24) is 10.3 Å². The highest BCUT2D eigenvalue weighted by Gasteiger charge is 2.13. The number of halogens is 1. The van der Waals surface area contributed by atoms with Gasteiger partial charge in [0.25, 0.3) is 0 Å². The van der Waals surface area contributed by atoms with E-state index in [1.165, 1.54) is 11.8 Å². The zero-order valence-corrected chi connectivity index (χ0v) is 14.8. The smallest absolute Gasteiger partial charge is 0.230 e. The number of hydrogen-bond acceptors (Lipinski definition) is 4. The van der Waals surface area contributed by atoms with Crippen molar-refractivity contribution in [2.45, 2.75) is 17.3 Å². The molecule has 0 unspecified atom stereocenters. The van der Waals surface area contributed by atoms with Gasteiger partial charge in [0.05, 0.1) is 22.0 Å². The van der Waals surface area contributed by atoms with E-state index in [1.54, 1.807) is 11.3 Å². The average Bonchev–Trinajstić information content (AvgIpc) is 2.96. The monoisotopic (exact) mass is 362 g/mol. The van der Waals surface area contributed by atoms with Gasteiger partial charge >= 0.3 is 0 Å². The number of amides is 1. The Morgan fingerprint density at radius 2 is 2.00 bits per heavy atom. The first kappa shape index (κ1) is 16.3. The molecule has 2 aromatic carbocycles. The van der Waals surface area contributed by atoms with E-state index in [0.29, 0.717) is 10.8 Å². The fraction of sp³-hybridized carbons (Fsp3) is 0.176. The van der Waals surface area contributed by atoms with Crippen LogP contribution in [0, 0.1) is 0 Å². The van der Waals surface area contributed by atoms with Gasteiger partial charge in [0.2, 0.25) is 5.91 Å². The number of carbonyl (C=O) groups is 1. The van der Waals surface area contributed by atoms with Gasteiger partial charge < -0.3 is 5.32 Å². The maximum absolute atomic E-state index is 12.1. The van der Waals surface area contributed by atoms with Crippen LogP contribution in [-0.4, -0.2) is 16.6 Å². The SMILES string of the molecule is C[C@@H](NC(=O)CSc1nc2ccccc2s1)c1ccccc1Cl. The van der Waals surface area contributed by atoms with E-state index < -0.39 is 0 Å². The Balaban J connectivity index is 1.58. The Bertz CT molecular complexity index is 801. The van der Waals surface area contributed by atoms with Crippen molar-refractivity contribution < 1.29 is 4.79 Å². The van der Waals surface area contributed by atoms with Crippen molar-refractivity contribution in [3.63, 3.8) is 0 Å². The van der Waals surface area contributed by atoms with E-state index in [1.807, 2.05) is 55.5 Å². The second-order valence-corrected chi connectivity index (χ2v) is 7.71. The molecule has 1 atom stereocenters. The molecule has 23 heavy (non-hydrogen) atoms. The number of rotatable bonds is 5. The van der Waals surface area contributed by atoms with E-state index in [9.17, 15) is 4.79 Å². The quantitative estimate of drug-likeness (QED) is 0.655. The van der Waals surface area contributed by atoms with E-state index in [0.717, 1.165) is 20.1 Å². The lowest BCUT2D eigenvalue weighted by atomic mass is 10.1. The lowest BCUT2D eigenvalue weighted by Crippen LogP contribution is -2.28. The largest absolute Gasteiger partial charge is 0.349 e. The zero-order valence-electron chi connectivity index (χ0n) is 12.5. The van der Waals surface area contributed by atoms with Gasteiger partial charge in [0.1, 0.15) is 0 Å². The standard InChI is InChI=1S/C17H15ClN2OS2/c1-11(12-6-2-3-7-13(12)18)19-16(21)10-22-17-20-14-8-4-5-9-15(14)23-17/h2-9,11H,10H2,1H3,(H,19,21)/t11-/m1/s1. The van der Waals surface area contributed by atoms with Crippen LogP contribution in [0.1, 0.15) is 18.5 Å². The minimum Gasteiger partial charge on any atom is -0.349 e. The molecule has 1 N–H and O–H groups in total. The molecule has 0 spiro atoms. The Kier molecular flexibility index (Phi) is 5.20. The first-order valence-corrected chi connectivity index (χ1v) is 9.33. The lowest BCUT2D eigenvalue weighted by molar-refractivity contribution is -0.119. The van der Waals surface area contributed by atoms with Gasteiger partial charge in [-0.1, -0.05) is 53.7 Å². The summed E-state index contributed by atoms with van der Waals surface area (Å²) in [4.78, 5) is 16.6. The Morgan fingerprint density at radius 1 is 1.26 bits per heavy atom. The summed E-state index contributed by atoms with van der Waals surface area (Å²) in [5.41, 5.74) is 1.90. The van der Waals surface area contributed by atoms with Gasteiger partial charge in [-0.05, 0) is 30.7 Å². The minimum absolute atomic E-state index is 0.0262. The molecule has 3 nitrogen and oxygen atoms in total. The fourth-order valence-electron chi connectivity index (χ4n) is 2.23. The molecule has 1 heterocycles. The number of fused-ring (bicyclic) bond motifs is 1. The molecular formula is C17H15ClN2OS2. The molecule has 118 valence electrons. The predicted octanol–water partition coefficient (Wildman–Crippen LogP) is 4.92. The van der Waals surface area contributed by atoms with Gasteiger partial charge in [0, 0.05) is 5.02 Å². The van der Waals surface area contributed by atoms with Crippen molar-refractivity contribution in [2.24, 2.45) is 0 Å². The zero-order chi connectivity index (χ0) is 16.2. The van der Waals surface area contributed by atoms with Crippen LogP contribution in [0.5, 0.6) is 0 Å². The number of benzene rings is 2. The van der Waals surface area contributed by atoms with Crippen molar-refractivity contribution in [3.8, 4) is 0 Å². The molecule has 0 aliphatic rings. The van der Waals surface area contributed by atoms with E-state index >= 15 is 0 Å². The fourth-order valence-corrected chi connectivity index (χ4v) is 4.41. The molecule has 0 fully saturated rings. The number of nitrogens with zero attached hydrogens (tertiary/aromatic N) is 1. The van der Waals surface area contributed by atoms with Gasteiger partial charge in [-0.2, -0.15) is 0 Å². The van der Waals surface area contributed by atoms with Crippen molar-refractivity contribution in [1.29, 1.82) is 0 Å². The van der Waals surface area contributed by atoms with Crippen LogP contribution in [0.15, 0.2) is 52.9 Å². The van der Waals surface area contributed by atoms with E-state index in [4.69, 9.17) is 11.6 Å². The van der Waals surface area contributed by atoms with Gasteiger partial charge in [0.15, 0.2) is 4.34 Å². The summed E-state index contributed by atoms with van der Waals surface area (Å²) in [5.74, 6) is 0.316. The number of nitrogens with one attached hydrogen (secondary N) is 1. The van der Waals surface area contributed by atoms with Crippen LogP contribution in [0.2, 0.25) is 5.02 Å². The molecule has 0 aliphatic heterocycles. The van der Waals surface area contributed by atoms with Crippen molar-refractivity contribution in [2.75, 3.05) is 5.75 Å². The van der Waals surface area contributed by atoms with Crippen molar-refractivity contribution >= 4 is 50.8 Å². The summed E-state index contributed by atoms with van der Waals surface area (Å²) in [6, 6.07) is 15.4. The van der Waals surface area contributed by atoms with Crippen LogP contribution in [-0.2, 0) is 4.79 Å². The molecule has 0 saturated heterocycles. The highest BCUT2D eigenvalue weighted by molar-refractivity contribution is 8.01. The molecular weight excluding hydrogens is 348 g/mol. The molecule has 1 aromatic heterocycles. The van der Waals surface area contributed by atoms with Gasteiger partial charge in [-0.25, -0.2) is 4.98 Å². The predicted molar refractivity (Wildman–Crippen MR) is 98.4 cm³/mol. The van der Waals surface area contributed by atoms with Crippen LogP contribution in [0.4, 0.5) is 0 Å². The highest BCUT2D eigenvalue weighted by atomic mass is 35.5. The topological polar surface area (TPSA) is 42.0 Å². The number of thiazole rings is 1. The average molecular weight is 363 g/mol.